The van der Waals surface area contributed by atoms with Crippen molar-refractivity contribution in [3.63, 3.8) is 0 Å². The van der Waals surface area contributed by atoms with E-state index in [0.717, 1.165) is 5.56 Å². The summed E-state index contributed by atoms with van der Waals surface area (Å²) in [6.45, 7) is 8.36. The summed E-state index contributed by atoms with van der Waals surface area (Å²) in [5, 5.41) is 2.74. The summed E-state index contributed by atoms with van der Waals surface area (Å²) in [6.07, 6.45) is 0. The van der Waals surface area contributed by atoms with Crippen LogP contribution >= 0.6 is 0 Å². The molecule has 166 valence electrons. The van der Waals surface area contributed by atoms with Crippen molar-refractivity contribution in [3.8, 4) is 0 Å². The van der Waals surface area contributed by atoms with Gasteiger partial charge in [-0.2, -0.15) is 0 Å². The van der Waals surface area contributed by atoms with Crippen LogP contribution in [0, 0.1) is 5.82 Å². The van der Waals surface area contributed by atoms with Crippen molar-refractivity contribution in [2.45, 2.75) is 19.9 Å². The quantitative estimate of drug-likeness (QED) is 0.705. The maximum Gasteiger partial charge on any atom is 0.244 e. The zero-order valence-electron chi connectivity index (χ0n) is 18.3. The van der Waals surface area contributed by atoms with E-state index >= 15 is 0 Å². The van der Waals surface area contributed by atoms with Gasteiger partial charge in [-0.15, -0.1) is 0 Å². The van der Waals surface area contributed by atoms with Crippen LogP contribution in [0.25, 0.3) is 0 Å². The smallest absolute Gasteiger partial charge is 0.244 e. The molecule has 0 unspecified atom stereocenters. The van der Waals surface area contributed by atoms with Gasteiger partial charge >= 0.3 is 0 Å². The molecule has 1 N–H and O–H groups in total. The predicted molar refractivity (Wildman–Crippen MR) is 120 cm³/mol. The third-order valence-electron chi connectivity index (χ3n) is 5.67. The molecular weight excluding hydrogens is 395 g/mol. The molecular formula is C24H31FN4O2. The molecule has 2 aromatic carbocycles. The maximum absolute atomic E-state index is 13.3. The van der Waals surface area contributed by atoms with Gasteiger partial charge in [0.15, 0.2) is 0 Å². The molecule has 0 saturated carbocycles. The van der Waals surface area contributed by atoms with Gasteiger partial charge < -0.3 is 10.2 Å². The van der Waals surface area contributed by atoms with Crippen molar-refractivity contribution in [2.75, 3.05) is 51.1 Å². The molecule has 1 saturated heterocycles. The Labute approximate surface area is 183 Å². The molecule has 7 heteroatoms. The number of carbonyl (C=O) groups is 2. The van der Waals surface area contributed by atoms with Gasteiger partial charge in [-0.25, -0.2) is 4.39 Å². The number of halogens is 1. The Kier molecular flexibility index (Phi) is 8.14. The summed E-state index contributed by atoms with van der Waals surface area (Å²) in [5.41, 5.74) is 1.45. The number of nitrogens with zero attached hydrogens (tertiary/aromatic N) is 3. The van der Waals surface area contributed by atoms with Gasteiger partial charge in [0, 0.05) is 45.0 Å². The predicted octanol–water partition coefficient (Wildman–Crippen LogP) is 2.99. The lowest BCUT2D eigenvalue weighted by Gasteiger charge is -2.40. The fourth-order valence-electron chi connectivity index (χ4n) is 4.00. The number of rotatable bonds is 8. The lowest BCUT2D eigenvalue weighted by molar-refractivity contribution is -0.138. The number of anilines is 1. The van der Waals surface area contributed by atoms with Crippen LogP contribution < -0.4 is 5.32 Å². The maximum atomic E-state index is 13.3. The third-order valence-corrected chi connectivity index (χ3v) is 5.67. The van der Waals surface area contributed by atoms with E-state index in [-0.39, 0.29) is 30.2 Å². The highest BCUT2D eigenvalue weighted by molar-refractivity contribution is 5.92. The average molecular weight is 427 g/mol. The first-order chi connectivity index (χ1) is 15.0. The van der Waals surface area contributed by atoms with Crippen LogP contribution in [0.3, 0.4) is 0 Å². The number of benzene rings is 2. The molecule has 1 aliphatic rings. The first kappa shape index (κ1) is 22.9. The van der Waals surface area contributed by atoms with E-state index in [0.29, 0.717) is 45.0 Å². The largest absolute Gasteiger partial charge is 0.342 e. The molecule has 1 atom stereocenters. The van der Waals surface area contributed by atoms with Crippen LogP contribution in [-0.4, -0.2) is 72.3 Å². The summed E-state index contributed by atoms with van der Waals surface area (Å²) in [4.78, 5) is 31.8. The van der Waals surface area contributed by atoms with E-state index in [1.807, 2.05) is 49.1 Å². The molecule has 2 amide bonds. The monoisotopic (exact) mass is 426 g/mol. The molecule has 31 heavy (non-hydrogen) atoms. The number of carbonyl (C=O) groups excluding carboxylic acids is 2. The lowest BCUT2D eigenvalue weighted by Crippen LogP contribution is -2.52. The molecule has 6 nitrogen and oxygen atoms in total. The molecule has 0 aliphatic carbocycles. The van der Waals surface area contributed by atoms with Crippen LogP contribution in [0.15, 0.2) is 54.6 Å². The minimum absolute atomic E-state index is 0.119. The molecule has 0 radical (unpaired) electrons. The summed E-state index contributed by atoms with van der Waals surface area (Å²) in [6, 6.07) is 15.5. The van der Waals surface area contributed by atoms with Crippen molar-refractivity contribution in [1.82, 2.24) is 14.7 Å². The van der Waals surface area contributed by atoms with E-state index in [1.54, 1.807) is 12.1 Å². The van der Waals surface area contributed by atoms with Crippen LogP contribution in [0.4, 0.5) is 10.1 Å². The Morgan fingerprint density at radius 2 is 1.68 bits per heavy atom. The van der Waals surface area contributed by atoms with Crippen LogP contribution in [0.5, 0.6) is 0 Å². The van der Waals surface area contributed by atoms with Crippen molar-refractivity contribution >= 4 is 17.5 Å². The Morgan fingerprint density at radius 3 is 2.29 bits per heavy atom. The standard InChI is InChI=1S/C24H31FN4O2/c1-3-28(4-2)24(31)23(19-9-6-5-7-10-19)29-15-13-27(14-16-29)18-22(30)26-21-12-8-11-20(25)17-21/h5-12,17,23H,3-4,13-16,18H2,1-2H3,(H,26,30)/t23-/m1/s1. The Bertz CT molecular complexity index is 865. The van der Waals surface area contributed by atoms with Crippen molar-refractivity contribution in [1.29, 1.82) is 0 Å². The Balaban J connectivity index is 1.61. The second-order valence-electron chi connectivity index (χ2n) is 7.69. The fraction of sp³-hybridized carbons (Fsp3) is 0.417. The molecule has 1 fully saturated rings. The van der Waals surface area contributed by atoms with E-state index in [4.69, 9.17) is 0 Å². The van der Waals surface area contributed by atoms with E-state index in [2.05, 4.69) is 15.1 Å². The second kappa shape index (κ2) is 11.0. The van der Waals surface area contributed by atoms with Gasteiger partial charge in [0.25, 0.3) is 0 Å². The number of hydrogen-bond acceptors (Lipinski definition) is 4. The number of likely N-dealkylation sites (N-methyl/N-ethyl adjacent to an activating group) is 1. The molecule has 3 rings (SSSR count). The van der Waals surface area contributed by atoms with Gasteiger partial charge in [-0.1, -0.05) is 36.4 Å². The molecule has 2 aromatic rings. The third kappa shape index (κ3) is 6.12. The molecule has 1 aliphatic heterocycles. The zero-order chi connectivity index (χ0) is 22.2. The summed E-state index contributed by atoms with van der Waals surface area (Å²) >= 11 is 0. The topological polar surface area (TPSA) is 55.9 Å². The average Bonchev–Trinajstić information content (AvgIpc) is 2.77. The molecule has 0 bridgehead atoms. The summed E-state index contributed by atoms with van der Waals surface area (Å²) < 4.78 is 13.3. The molecule has 0 aromatic heterocycles. The van der Waals surface area contributed by atoms with E-state index < -0.39 is 0 Å². The highest BCUT2D eigenvalue weighted by Crippen LogP contribution is 2.25. The van der Waals surface area contributed by atoms with Crippen LogP contribution in [-0.2, 0) is 9.59 Å². The van der Waals surface area contributed by atoms with Gasteiger partial charge in [0.05, 0.1) is 6.54 Å². The highest BCUT2D eigenvalue weighted by Gasteiger charge is 2.32. The Hall–Kier alpha value is -2.77. The summed E-state index contributed by atoms with van der Waals surface area (Å²) in [7, 11) is 0. The molecule has 0 spiro atoms. The normalized spacial score (nSPS) is 16.0. The van der Waals surface area contributed by atoms with Gasteiger partial charge in [0.2, 0.25) is 11.8 Å². The van der Waals surface area contributed by atoms with Crippen molar-refractivity contribution in [3.05, 3.63) is 66.0 Å². The first-order valence-electron chi connectivity index (χ1n) is 10.9. The van der Waals surface area contributed by atoms with Gasteiger partial charge in [-0.3, -0.25) is 19.4 Å². The van der Waals surface area contributed by atoms with Crippen molar-refractivity contribution < 1.29 is 14.0 Å². The van der Waals surface area contributed by atoms with Gasteiger partial charge in [0.1, 0.15) is 11.9 Å². The fourth-order valence-corrected chi connectivity index (χ4v) is 4.00. The first-order valence-corrected chi connectivity index (χ1v) is 10.9. The minimum Gasteiger partial charge on any atom is -0.342 e. The van der Waals surface area contributed by atoms with Gasteiger partial charge in [-0.05, 0) is 37.6 Å². The number of piperazine rings is 1. The number of amides is 2. The van der Waals surface area contributed by atoms with E-state index in [1.165, 1.54) is 12.1 Å². The SMILES string of the molecule is CCN(CC)C(=O)[C@@H](c1ccccc1)N1CCN(CC(=O)Nc2cccc(F)c2)CC1. The highest BCUT2D eigenvalue weighted by atomic mass is 19.1. The van der Waals surface area contributed by atoms with Crippen LogP contribution in [0.2, 0.25) is 0 Å². The lowest BCUT2D eigenvalue weighted by atomic mass is 10.0. The van der Waals surface area contributed by atoms with Crippen molar-refractivity contribution in [2.24, 2.45) is 0 Å². The Morgan fingerprint density at radius 1 is 1.00 bits per heavy atom. The molecule has 1 heterocycles. The van der Waals surface area contributed by atoms with Crippen LogP contribution in [0.1, 0.15) is 25.5 Å². The second-order valence-corrected chi connectivity index (χ2v) is 7.69. The van der Waals surface area contributed by atoms with E-state index in [9.17, 15) is 14.0 Å². The zero-order valence-corrected chi connectivity index (χ0v) is 18.3. The minimum atomic E-state index is -0.378. The number of hydrogen-bond donors (Lipinski definition) is 1. The number of nitrogens with one attached hydrogen (secondary N) is 1. The summed E-state index contributed by atoms with van der Waals surface area (Å²) in [5.74, 6) is -0.428.